The number of nitrogens with one attached hydrogen (secondary N) is 1. The molecule has 0 fully saturated rings. The van der Waals surface area contributed by atoms with Crippen LogP contribution in [0.3, 0.4) is 0 Å². The van der Waals surface area contributed by atoms with Gasteiger partial charge in [-0.1, -0.05) is 38.1 Å². The van der Waals surface area contributed by atoms with Crippen LogP contribution >= 0.6 is 0 Å². The van der Waals surface area contributed by atoms with Gasteiger partial charge in [0.05, 0.1) is 5.69 Å². The van der Waals surface area contributed by atoms with E-state index in [1.807, 2.05) is 50.2 Å². The van der Waals surface area contributed by atoms with Gasteiger partial charge >= 0.3 is 6.03 Å². The number of urea groups is 1. The Labute approximate surface area is 165 Å². The van der Waals surface area contributed by atoms with Crippen molar-refractivity contribution in [3.63, 3.8) is 0 Å². The third kappa shape index (κ3) is 3.93. The maximum Gasteiger partial charge on any atom is 0.326 e. The van der Waals surface area contributed by atoms with Crippen LogP contribution in [0.1, 0.15) is 25.0 Å². The number of hydrogen-bond donors (Lipinski definition) is 1. The molecule has 0 atom stereocenters. The van der Waals surface area contributed by atoms with E-state index in [1.165, 1.54) is 5.56 Å². The van der Waals surface area contributed by atoms with Gasteiger partial charge in [-0.15, -0.1) is 0 Å². The molecule has 0 radical (unpaired) electrons. The fourth-order valence-electron chi connectivity index (χ4n) is 3.22. The van der Waals surface area contributed by atoms with E-state index in [0.29, 0.717) is 23.5 Å². The molecule has 1 aromatic heterocycles. The smallest absolute Gasteiger partial charge is 0.313 e. The zero-order valence-electron chi connectivity index (χ0n) is 17.1. The summed E-state index contributed by atoms with van der Waals surface area (Å²) in [5.41, 5.74) is 3.74. The highest BCUT2D eigenvalue weighted by Crippen LogP contribution is 2.23. The second-order valence-electron chi connectivity index (χ2n) is 7.70. The molecule has 0 saturated heterocycles. The van der Waals surface area contributed by atoms with Crippen LogP contribution in [0.5, 0.6) is 0 Å². The summed E-state index contributed by atoms with van der Waals surface area (Å²) in [4.78, 5) is 27.2. The molecule has 5 heteroatoms. The maximum absolute atomic E-state index is 12.9. The first-order chi connectivity index (χ1) is 13.3. The number of anilines is 2. The van der Waals surface area contributed by atoms with Crippen LogP contribution in [0.2, 0.25) is 0 Å². The average molecular weight is 377 g/mol. The lowest BCUT2D eigenvalue weighted by Crippen LogP contribution is -2.32. The molecule has 3 rings (SSSR count). The van der Waals surface area contributed by atoms with Crippen LogP contribution in [0, 0.1) is 19.8 Å². The minimum atomic E-state index is -0.247. The van der Waals surface area contributed by atoms with Crippen molar-refractivity contribution in [2.75, 3.05) is 17.3 Å². The first kappa shape index (κ1) is 19.7. The summed E-state index contributed by atoms with van der Waals surface area (Å²) < 4.78 is 1.68. The molecule has 5 nitrogen and oxygen atoms in total. The zero-order chi connectivity index (χ0) is 20.4. The first-order valence-electron chi connectivity index (χ1n) is 9.52. The second-order valence-corrected chi connectivity index (χ2v) is 7.70. The van der Waals surface area contributed by atoms with Gasteiger partial charge in [-0.25, -0.2) is 4.79 Å². The Morgan fingerprint density at radius 2 is 1.75 bits per heavy atom. The van der Waals surface area contributed by atoms with Crippen LogP contribution < -0.4 is 15.8 Å². The molecule has 28 heavy (non-hydrogen) atoms. The van der Waals surface area contributed by atoms with E-state index in [9.17, 15) is 9.59 Å². The summed E-state index contributed by atoms with van der Waals surface area (Å²) in [7, 11) is 1.74. The fraction of sp³-hybridized carbons (Fsp3) is 0.304. The lowest BCUT2D eigenvalue weighted by Gasteiger charge is -2.21. The lowest BCUT2D eigenvalue weighted by molar-refractivity contribution is 0.258. The summed E-state index contributed by atoms with van der Waals surface area (Å²) in [5.74, 6) is 0.320. The number of benzene rings is 2. The van der Waals surface area contributed by atoms with Gasteiger partial charge in [0.2, 0.25) is 0 Å². The van der Waals surface area contributed by atoms with E-state index in [2.05, 4.69) is 19.2 Å². The molecular formula is C23H27N3O2. The summed E-state index contributed by atoms with van der Waals surface area (Å²) in [6.45, 7) is 8.80. The molecule has 1 N–H and O–H groups in total. The molecule has 0 spiro atoms. The van der Waals surface area contributed by atoms with Gasteiger partial charge in [0.25, 0.3) is 5.56 Å². The molecule has 0 aliphatic heterocycles. The normalized spacial score (nSPS) is 11.1. The Kier molecular flexibility index (Phi) is 5.54. The van der Waals surface area contributed by atoms with Crippen molar-refractivity contribution in [1.29, 1.82) is 0 Å². The van der Waals surface area contributed by atoms with Crippen LogP contribution in [-0.4, -0.2) is 17.6 Å². The Morgan fingerprint density at radius 3 is 2.39 bits per heavy atom. The van der Waals surface area contributed by atoms with Crippen molar-refractivity contribution in [1.82, 2.24) is 4.57 Å². The highest BCUT2D eigenvalue weighted by atomic mass is 16.2. The van der Waals surface area contributed by atoms with Gasteiger partial charge in [-0.3, -0.25) is 9.69 Å². The molecular weight excluding hydrogens is 350 g/mol. The largest absolute Gasteiger partial charge is 0.326 e. The number of aryl methyl sites for hydroxylation is 2. The monoisotopic (exact) mass is 377 g/mol. The van der Waals surface area contributed by atoms with Crippen molar-refractivity contribution in [2.24, 2.45) is 5.92 Å². The number of rotatable bonds is 4. The summed E-state index contributed by atoms with van der Waals surface area (Å²) >= 11 is 0. The minimum absolute atomic E-state index is 0.0372. The molecule has 2 amide bonds. The number of fused-ring (bicyclic) bond motifs is 1. The van der Waals surface area contributed by atoms with Crippen molar-refractivity contribution in [3.8, 4) is 0 Å². The van der Waals surface area contributed by atoms with Gasteiger partial charge in [0.1, 0.15) is 0 Å². The van der Waals surface area contributed by atoms with Gasteiger partial charge in [-0.2, -0.15) is 0 Å². The van der Waals surface area contributed by atoms with Crippen molar-refractivity contribution in [3.05, 3.63) is 70.1 Å². The molecule has 1 heterocycles. The van der Waals surface area contributed by atoms with Crippen molar-refractivity contribution in [2.45, 2.75) is 34.2 Å². The van der Waals surface area contributed by atoms with Crippen molar-refractivity contribution >= 4 is 28.2 Å². The molecule has 0 aliphatic rings. The number of nitrogens with zero attached hydrogens (tertiary/aromatic N) is 2. The van der Waals surface area contributed by atoms with Gasteiger partial charge in [0, 0.05) is 36.2 Å². The Morgan fingerprint density at radius 1 is 1.07 bits per heavy atom. The van der Waals surface area contributed by atoms with Crippen LogP contribution in [0.15, 0.2) is 53.5 Å². The van der Waals surface area contributed by atoms with E-state index in [1.54, 1.807) is 28.8 Å². The second kappa shape index (κ2) is 7.89. The summed E-state index contributed by atoms with van der Waals surface area (Å²) in [6, 6.07) is 13.1. The maximum atomic E-state index is 12.9. The number of amides is 2. The molecule has 0 unspecified atom stereocenters. The molecule has 0 saturated carbocycles. The topological polar surface area (TPSA) is 54.3 Å². The van der Waals surface area contributed by atoms with Crippen LogP contribution in [-0.2, 0) is 6.54 Å². The van der Waals surface area contributed by atoms with Crippen molar-refractivity contribution < 1.29 is 4.79 Å². The van der Waals surface area contributed by atoms with E-state index < -0.39 is 0 Å². The average Bonchev–Trinajstić information content (AvgIpc) is 2.66. The lowest BCUT2D eigenvalue weighted by atomic mass is 10.1. The van der Waals surface area contributed by atoms with Gasteiger partial charge in [0.15, 0.2) is 0 Å². The van der Waals surface area contributed by atoms with Gasteiger partial charge < -0.3 is 9.88 Å². The van der Waals surface area contributed by atoms with Crippen LogP contribution in [0.4, 0.5) is 16.2 Å². The van der Waals surface area contributed by atoms with Crippen LogP contribution in [0.25, 0.3) is 10.8 Å². The highest BCUT2D eigenvalue weighted by Gasteiger charge is 2.15. The summed E-state index contributed by atoms with van der Waals surface area (Å²) in [6.07, 6.45) is 1.75. The number of pyridine rings is 1. The van der Waals surface area contributed by atoms with E-state index in [-0.39, 0.29) is 11.6 Å². The Bertz CT molecular complexity index is 1080. The SMILES string of the molecule is Cc1ccc(N(C)C(=O)Nc2cn(CC(C)C)c(=O)c3ccccc23)cc1C. The standard InChI is InChI=1S/C23H27N3O2/c1-15(2)13-26-14-21(19-8-6-7-9-20(19)22(26)27)24-23(28)25(5)18-11-10-16(3)17(4)12-18/h6-12,14-15H,13H2,1-5H3,(H,24,28). The molecule has 0 aliphatic carbocycles. The molecule has 146 valence electrons. The van der Waals surface area contributed by atoms with Gasteiger partial charge in [-0.05, 0) is 49.1 Å². The highest BCUT2D eigenvalue weighted by molar-refractivity contribution is 6.06. The number of aromatic nitrogens is 1. The predicted octanol–water partition coefficient (Wildman–Crippen LogP) is 4.94. The molecule has 2 aromatic carbocycles. The number of carbonyl (C=O) groups is 1. The van der Waals surface area contributed by atoms with E-state index >= 15 is 0 Å². The molecule has 3 aromatic rings. The minimum Gasteiger partial charge on any atom is -0.313 e. The van der Waals surface area contributed by atoms with E-state index in [0.717, 1.165) is 16.6 Å². The summed E-state index contributed by atoms with van der Waals surface area (Å²) in [5, 5.41) is 4.34. The zero-order valence-corrected chi connectivity index (χ0v) is 17.1. The quantitative estimate of drug-likeness (QED) is 0.700. The van der Waals surface area contributed by atoms with E-state index in [4.69, 9.17) is 0 Å². The predicted molar refractivity (Wildman–Crippen MR) is 116 cm³/mol. The molecule has 0 bridgehead atoms. The number of carbonyl (C=O) groups excluding carboxylic acids is 1. The fourth-order valence-corrected chi connectivity index (χ4v) is 3.22. The Balaban J connectivity index is 1.98. The third-order valence-corrected chi connectivity index (χ3v) is 4.98. The number of hydrogen-bond acceptors (Lipinski definition) is 2. The third-order valence-electron chi connectivity index (χ3n) is 4.98. The first-order valence-corrected chi connectivity index (χ1v) is 9.52. The Hall–Kier alpha value is -3.08.